The molecule has 29 heavy (non-hydrogen) atoms. The van der Waals surface area contributed by atoms with Crippen molar-refractivity contribution in [2.45, 2.75) is 32.4 Å². The third kappa shape index (κ3) is 5.81. The lowest BCUT2D eigenvalue weighted by molar-refractivity contribution is -0.141. The Morgan fingerprint density at radius 2 is 1.90 bits per heavy atom. The van der Waals surface area contributed by atoms with Crippen molar-refractivity contribution in [3.8, 4) is 5.75 Å². The van der Waals surface area contributed by atoms with Gasteiger partial charge in [0.15, 0.2) is 0 Å². The van der Waals surface area contributed by atoms with Gasteiger partial charge in [-0.2, -0.15) is 0 Å². The SMILES string of the molecule is COC(=O)CN(Cc1ccccc1C)C(=O)c1ccc(OCC2CCCO2)cc1. The fourth-order valence-corrected chi connectivity index (χ4v) is 3.25. The molecule has 1 heterocycles. The molecule has 0 N–H and O–H groups in total. The zero-order valence-corrected chi connectivity index (χ0v) is 16.9. The Labute approximate surface area is 171 Å². The number of methoxy groups -OCH3 is 1. The van der Waals surface area contributed by atoms with Crippen LogP contribution in [-0.2, 0) is 20.8 Å². The quantitative estimate of drug-likeness (QED) is 0.639. The van der Waals surface area contributed by atoms with E-state index in [1.807, 2.05) is 31.2 Å². The predicted octanol–water partition coefficient (Wildman–Crippen LogP) is 3.37. The number of hydrogen-bond donors (Lipinski definition) is 0. The van der Waals surface area contributed by atoms with Gasteiger partial charge < -0.3 is 19.1 Å². The normalized spacial score (nSPS) is 15.7. The number of carbonyl (C=O) groups excluding carboxylic acids is 2. The summed E-state index contributed by atoms with van der Waals surface area (Å²) in [4.78, 5) is 26.4. The number of esters is 1. The first-order chi connectivity index (χ1) is 14.1. The van der Waals surface area contributed by atoms with Crippen LogP contribution in [0.1, 0.15) is 34.3 Å². The molecule has 0 spiro atoms. The Balaban J connectivity index is 1.68. The van der Waals surface area contributed by atoms with E-state index >= 15 is 0 Å². The van der Waals surface area contributed by atoms with E-state index in [2.05, 4.69) is 0 Å². The zero-order chi connectivity index (χ0) is 20.6. The molecule has 1 unspecified atom stereocenters. The van der Waals surface area contributed by atoms with Crippen molar-refractivity contribution in [2.75, 3.05) is 26.9 Å². The van der Waals surface area contributed by atoms with Crippen molar-refractivity contribution in [3.63, 3.8) is 0 Å². The number of carbonyl (C=O) groups is 2. The van der Waals surface area contributed by atoms with Crippen LogP contribution in [0.15, 0.2) is 48.5 Å². The van der Waals surface area contributed by atoms with Crippen LogP contribution in [0.2, 0.25) is 0 Å². The number of nitrogens with zero attached hydrogens (tertiary/aromatic N) is 1. The van der Waals surface area contributed by atoms with E-state index in [0.717, 1.165) is 30.6 Å². The van der Waals surface area contributed by atoms with Gasteiger partial charge in [-0.15, -0.1) is 0 Å². The van der Waals surface area contributed by atoms with Crippen LogP contribution in [0, 0.1) is 6.92 Å². The van der Waals surface area contributed by atoms with Gasteiger partial charge in [0, 0.05) is 18.7 Å². The molecule has 1 aliphatic rings. The summed E-state index contributed by atoms with van der Waals surface area (Å²) in [5, 5.41) is 0. The molecule has 0 radical (unpaired) electrons. The third-order valence-corrected chi connectivity index (χ3v) is 5.02. The largest absolute Gasteiger partial charge is 0.491 e. The van der Waals surface area contributed by atoms with Crippen molar-refractivity contribution in [1.29, 1.82) is 0 Å². The van der Waals surface area contributed by atoms with Crippen LogP contribution in [0.3, 0.4) is 0 Å². The number of rotatable bonds is 8. The Bertz CT molecular complexity index is 827. The van der Waals surface area contributed by atoms with Gasteiger partial charge in [0.05, 0.1) is 13.2 Å². The second kappa shape index (κ2) is 10.1. The summed E-state index contributed by atoms with van der Waals surface area (Å²) < 4.78 is 16.1. The Hall–Kier alpha value is -2.86. The van der Waals surface area contributed by atoms with Crippen LogP contribution >= 0.6 is 0 Å². The van der Waals surface area contributed by atoms with Gasteiger partial charge in [0.2, 0.25) is 0 Å². The maximum atomic E-state index is 13.0. The van der Waals surface area contributed by atoms with Crippen LogP contribution in [0.5, 0.6) is 5.75 Å². The van der Waals surface area contributed by atoms with E-state index in [-0.39, 0.29) is 18.6 Å². The highest BCUT2D eigenvalue weighted by Gasteiger charge is 2.21. The van der Waals surface area contributed by atoms with Crippen molar-refractivity contribution >= 4 is 11.9 Å². The minimum atomic E-state index is -0.455. The summed E-state index contributed by atoms with van der Waals surface area (Å²) in [5.74, 6) is 0.00301. The van der Waals surface area contributed by atoms with Gasteiger partial charge in [-0.3, -0.25) is 9.59 Å². The molecule has 6 nitrogen and oxygen atoms in total. The molecular weight excluding hydrogens is 370 g/mol. The number of amides is 1. The highest BCUT2D eigenvalue weighted by atomic mass is 16.5. The number of aryl methyl sites for hydroxylation is 1. The van der Waals surface area contributed by atoms with Crippen molar-refractivity contribution in [3.05, 3.63) is 65.2 Å². The van der Waals surface area contributed by atoms with Crippen LogP contribution in [0.25, 0.3) is 0 Å². The summed E-state index contributed by atoms with van der Waals surface area (Å²) >= 11 is 0. The molecule has 1 aliphatic heterocycles. The Kier molecular flexibility index (Phi) is 7.25. The highest BCUT2D eigenvalue weighted by molar-refractivity contribution is 5.96. The van der Waals surface area contributed by atoms with E-state index in [0.29, 0.717) is 24.5 Å². The summed E-state index contributed by atoms with van der Waals surface area (Å²) in [6, 6.07) is 14.8. The van der Waals surface area contributed by atoms with E-state index in [1.165, 1.54) is 12.0 Å². The minimum Gasteiger partial charge on any atom is -0.491 e. The van der Waals surface area contributed by atoms with Gasteiger partial charge in [0.1, 0.15) is 18.9 Å². The van der Waals surface area contributed by atoms with Gasteiger partial charge in [-0.05, 0) is 55.2 Å². The summed E-state index contributed by atoms with van der Waals surface area (Å²) in [6.07, 6.45) is 2.22. The Morgan fingerprint density at radius 1 is 1.14 bits per heavy atom. The second-order valence-corrected chi connectivity index (χ2v) is 7.13. The molecule has 0 aromatic heterocycles. The second-order valence-electron chi connectivity index (χ2n) is 7.13. The lowest BCUT2D eigenvalue weighted by atomic mass is 10.1. The smallest absolute Gasteiger partial charge is 0.325 e. The molecule has 0 bridgehead atoms. The molecule has 1 amide bonds. The molecule has 1 fully saturated rings. The molecular formula is C23H27NO5. The average molecular weight is 397 g/mol. The molecule has 1 saturated heterocycles. The van der Waals surface area contributed by atoms with Crippen molar-refractivity contribution in [2.24, 2.45) is 0 Å². The van der Waals surface area contributed by atoms with E-state index < -0.39 is 5.97 Å². The maximum absolute atomic E-state index is 13.0. The molecule has 6 heteroatoms. The average Bonchev–Trinajstić information content (AvgIpc) is 3.26. The molecule has 2 aromatic carbocycles. The van der Waals surface area contributed by atoms with Crippen LogP contribution in [0.4, 0.5) is 0 Å². The van der Waals surface area contributed by atoms with Crippen LogP contribution in [-0.4, -0.2) is 49.7 Å². The highest BCUT2D eigenvalue weighted by Crippen LogP contribution is 2.19. The molecule has 154 valence electrons. The first kappa shape index (κ1) is 20.9. The summed E-state index contributed by atoms with van der Waals surface area (Å²) in [7, 11) is 1.32. The summed E-state index contributed by atoms with van der Waals surface area (Å²) in [5.41, 5.74) is 2.54. The molecule has 0 saturated carbocycles. The molecule has 1 atom stereocenters. The standard InChI is InChI=1S/C23H27NO5/c1-17-6-3-4-7-19(17)14-24(15-22(25)27-2)23(26)18-9-11-20(12-10-18)29-16-21-8-5-13-28-21/h3-4,6-7,9-12,21H,5,8,13-16H2,1-2H3. The maximum Gasteiger partial charge on any atom is 0.325 e. The monoisotopic (exact) mass is 397 g/mol. The van der Waals surface area contributed by atoms with Gasteiger partial charge >= 0.3 is 5.97 Å². The summed E-state index contributed by atoms with van der Waals surface area (Å²) in [6.45, 7) is 3.50. The fraction of sp³-hybridized carbons (Fsp3) is 0.391. The predicted molar refractivity (Wildman–Crippen MR) is 109 cm³/mol. The molecule has 0 aliphatic carbocycles. The van der Waals surface area contributed by atoms with Gasteiger partial charge in [-0.1, -0.05) is 24.3 Å². The van der Waals surface area contributed by atoms with Gasteiger partial charge in [0.25, 0.3) is 5.91 Å². The van der Waals surface area contributed by atoms with Gasteiger partial charge in [-0.25, -0.2) is 0 Å². The van der Waals surface area contributed by atoms with Crippen molar-refractivity contribution < 1.29 is 23.8 Å². The first-order valence-corrected chi connectivity index (χ1v) is 9.82. The lowest BCUT2D eigenvalue weighted by Gasteiger charge is -2.23. The number of benzene rings is 2. The zero-order valence-electron chi connectivity index (χ0n) is 16.9. The van der Waals surface area contributed by atoms with E-state index in [9.17, 15) is 9.59 Å². The topological polar surface area (TPSA) is 65.1 Å². The minimum absolute atomic E-state index is 0.110. The number of hydrogen-bond acceptors (Lipinski definition) is 5. The third-order valence-electron chi connectivity index (χ3n) is 5.02. The van der Waals surface area contributed by atoms with Crippen LogP contribution < -0.4 is 4.74 Å². The Morgan fingerprint density at radius 3 is 2.55 bits per heavy atom. The lowest BCUT2D eigenvalue weighted by Crippen LogP contribution is -2.36. The molecule has 2 aromatic rings. The molecule has 3 rings (SSSR count). The van der Waals surface area contributed by atoms with E-state index in [1.54, 1.807) is 24.3 Å². The first-order valence-electron chi connectivity index (χ1n) is 9.82. The number of ether oxygens (including phenoxy) is 3. The van der Waals surface area contributed by atoms with Crippen molar-refractivity contribution in [1.82, 2.24) is 4.90 Å². The fourth-order valence-electron chi connectivity index (χ4n) is 3.25. The van der Waals surface area contributed by atoms with E-state index in [4.69, 9.17) is 14.2 Å².